The summed E-state index contributed by atoms with van der Waals surface area (Å²) >= 11 is 2.89. The summed E-state index contributed by atoms with van der Waals surface area (Å²) in [6.45, 7) is 3.39. The third kappa shape index (κ3) is 4.28. The molecule has 0 spiro atoms. The molecule has 0 radical (unpaired) electrons. The number of aromatic nitrogens is 2. The van der Waals surface area contributed by atoms with Gasteiger partial charge in [0.05, 0.1) is 16.4 Å². The Labute approximate surface area is 167 Å². The van der Waals surface area contributed by atoms with Crippen LogP contribution in [0.4, 0.5) is 0 Å². The molecule has 3 rings (SSSR count). The van der Waals surface area contributed by atoms with Crippen LogP contribution < -0.4 is 5.56 Å². The van der Waals surface area contributed by atoms with E-state index in [1.807, 2.05) is 35.7 Å². The highest BCUT2D eigenvalue weighted by Gasteiger charge is 2.17. The van der Waals surface area contributed by atoms with E-state index in [9.17, 15) is 13.2 Å². The van der Waals surface area contributed by atoms with Crippen molar-refractivity contribution >= 4 is 43.2 Å². The maximum Gasteiger partial charge on any atom is 0.263 e. The van der Waals surface area contributed by atoms with Crippen molar-refractivity contribution in [1.82, 2.24) is 9.55 Å². The normalized spacial score (nSPS) is 12.1. The minimum atomic E-state index is -3.03. The molecule has 0 unspecified atom stereocenters. The lowest BCUT2D eigenvalue weighted by atomic mass is 10.1. The van der Waals surface area contributed by atoms with Crippen molar-refractivity contribution in [2.45, 2.75) is 30.7 Å². The molecule has 5 nitrogen and oxygen atoms in total. The number of benzene rings is 1. The second kappa shape index (κ2) is 8.16. The van der Waals surface area contributed by atoms with Gasteiger partial charge in [-0.25, -0.2) is 13.4 Å². The average molecular weight is 423 g/mol. The molecule has 0 atom stereocenters. The second-order valence-corrected chi connectivity index (χ2v) is 11.2. The molecule has 3 aromatic rings. The molecule has 144 valence electrons. The topological polar surface area (TPSA) is 69.0 Å². The van der Waals surface area contributed by atoms with Crippen molar-refractivity contribution in [3.63, 3.8) is 0 Å². The molecule has 0 fully saturated rings. The van der Waals surface area contributed by atoms with Gasteiger partial charge in [-0.15, -0.1) is 11.3 Å². The Kier molecular flexibility index (Phi) is 6.08. The van der Waals surface area contributed by atoms with Crippen molar-refractivity contribution < 1.29 is 8.42 Å². The van der Waals surface area contributed by atoms with Crippen LogP contribution in [0.15, 0.2) is 45.7 Å². The Morgan fingerprint density at radius 3 is 2.59 bits per heavy atom. The Hall–Kier alpha value is -1.64. The number of hydrogen-bond donors (Lipinski definition) is 0. The molecule has 0 N–H and O–H groups in total. The molecule has 1 aromatic carbocycles. The zero-order chi connectivity index (χ0) is 19.6. The molecule has 0 bridgehead atoms. The number of thiophene rings is 1. The largest absolute Gasteiger partial charge is 0.290 e. The molecule has 8 heteroatoms. The minimum absolute atomic E-state index is 0.0718. The standard InChI is InChI=1S/C19H22N2O3S3/c1-13(2)27(23,24)11-7-10-25-19-20-17-16(18(22)21(19)3)15(12-26-17)14-8-5-4-6-9-14/h4-6,8-9,12-13H,7,10-11H2,1-3H3. The zero-order valence-electron chi connectivity index (χ0n) is 15.5. The summed E-state index contributed by atoms with van der Waals surface area (Å²) in [7, 11) is -1.32. The molecule has 27 heavy (non-hydrogen) atoms. The minimum Gasteiger partial charge on any atom is -0.290 e. The van der Waals surface area contributed by atoms with Crippen LogP contribution in [0.3, 0.4) is 0 Å². The van der Waals surface area contributed by atoms with Crippen molar-refractivity contribution in [3.05, 3.63) is 46.1 Å². The highest BCUT2D eigenvalue weighted by atomic mass is 32.2. The molecule has 0 aliphatic rings. The molecular formula is C19H22N2O3S3. The molecule has 2 heterocycles. The van der Waals surface area contributed by atoms with Gasteiger partial charge in [-0.05, 0) is 25.8 Å². The van der Waals surface area contributed by atoms with Crippen LogP contribution in [0.1, 0.15) is 20.3 Å². The van der Waals surface area contributed by atoms with Gasteiger partial charge in [0, 0.05) is 23.7 Å². The van der Waals surface area contributed by atoms with Gasteiger partial charge in [-0.3, -0.25) is 9.36 Å². The smallest absolute Gasteiger partial charge is 0.263 e. The van der Waals surface area contributed by atoms with E-state index in [-0.39, 0.29) is 16.6 Å². The fourth-order valence-corrected chi connectivity index (χ4v) is 5.77. The van der Waals surface area contributed by atoms with Gasteiger partial charge in [0.2, 0.25) is 0 Å². The van der Waals surface area contributed by atoms with Crippen molar-refractivity contribution in [1.29, 1.82) is 0 Å². The molecule has 0 saturated heterocycles. The third-order valence-electron chi connectivity index (χ3n) is 4.38. The summed E-state index contributed by atoms with van der Waals surface area (Å²) < 4.78 is 25.4. The Morgan fingerprint density at radius 1 is 1.22 bits per heavy atom. The number of sulfone groups is 1. The monoisotopic (exact) mass is 422 g/mol. The van der Waals surface area contributed by atoms with E-state index in [2.05, 4.69) is 4.98 Å². The van der Waals surface area contributed by atoms with E-state index in [0.717, 1.165) is 11.1 Å². The first-order valence-corrected chi connectivity index (χ1v) is 12.3. The fourth-order valence-electron chi connectivity index (χ4n) is 2.67. The van der Waals surface area contributed by atoms with Gasteiger partial charge in [0.1, 0.15) is 4.83 Å². The van der Waals surface area contributed by atoms with Gasteiger partial charge >= 0.3 is 0 Å². The van der Waals surface area contributed by atoms with Crippen LogP contribution in [-0.4, -0.2) is 34.7 Å². The highest BCUT2D eigenvalue weighted by Crippen LogP contribution is 2.31. The van der Waals surface area contributed by atoms with Crippen molar-refractivity contribution in [2.75, 3.05) is 11.5 Å². The Morgan fingerprint density at radius 2 is 1.93 bits per heavy atom. The van der Waals surface area contributed by atoms with Gasteiger partial charge < -0.3 is 0 Å². The summed E-state index contributed by atoms with van der Waals surface area (Å²) in [4.78, 5) is 18.3. The molecular weight excluding hydrogens is 400 g/mol. The quantitative estimate of drug-likeness (QED) is 0.327. The van der Waals surface area contributed by atoms with Crippen LogP contribution in [0.5, 0.6) is 0 Å². The van der Waals surface area contributed by atoms with Gasteiger partial charge in [0.15, 0.2) is 15.0 Å². The Bertz CT molecular complexity index is 1100. The Balaban J connectivity index is 1.83. The van der Waals surface area contributed by atoms with E-state index < -0.39 is 9.84 Å². The van der Waals surface area contributed by atoms with Crippen LogP contribution in [0.2, 0.25) is 0 Å². The fraction of sp³-hybridized carbons (Fsp3) is 0.368. The first-order chi connectivity index (χ1) is 12.8. The number of nitrogens with zero attached hydrogens (tertiary/aromatic N) is 2. The SMILES string of the molecule is CC(C)S(=O)(=O)CCCSc1nc2scc(-c3ccccc3)c2c(=O)n1C. The predicted molar refractivity (Wildman–Crippen MR) is 115 cm³/mol. The van der Waals surface area contributed by atoms with E-state index in [4.69, 9.17) is 0 Å². The summed E-state index contributed by atoms with van der Waals surface area (Å²) in [5.41, 5.74) is 1.84. The number of hydrogen-bond acceptors (Lipinski definition) is 6. The highest BCUT2D eigenvalue weighted by molar-refractivity contribution is 7.99. The van der Waals surface area contributed by atoms with Gasteiger partial charge in [-0.1, -0.05) is 42.1 Å². The average Bonchev–Trinajstić information content (AvgIpc) is 3.07. The predicted octanol–water partition coefficient (Wildman–Crippen LogP) is 3.97. The first kappa shape index (κ1) is 20.1. The van der Waals surface area contributed by atoms with E-state index in [0.29, 0.717) is 27.5 Å². The maximum atomic E-state index is 12.9. The van der Waals surface area contributed by atoms with Crippen molar-refractivity contribution in [2.24, 2.45) is 7.05 Å². The number of thioether (sulfide) groups is 1. The van der Waals surface area contributed by atoms with Crippen LogP contribution in [0, 0.1) is 0 Å². The molecule has 0 saturated carbocycles. The summed E-state index contributed by atoms with van der Waals surface area (Å²) in [5, 5.41) is 2.87. The zero-order valence-corrected chi connectivity index (χ0v) is 18.0. The number of rotatable bonds is 7. The lowest BCUT2D eigenvalue weighted by molar-refractivity contribution is 0.586. The summed E-state index contributed by atoms with van der Waals surface area (Å²) in [6, 6.07) is 9.82. The third-order valence-corrected chi connectivity index (χ3v) is 8.66. The molecule has 2 aromatic heterocycles. The first-order valence-electron chi connectivity index (χ1n) is 8.69. The summed E-state index contributed by atoms with van der Waals surface area (Å²) in [5.74, 6) is 0.764. The van der Waals surface area contributed by atoms with Crippen LogP contribution >= 0.6 is 23.1 Å². The van der Waals surface area contributed by atoms with Crippen LogP contribution in [0.25, 0.3) is 21.3 Å². The van der Waals surface area contributed by atoms with E-state index >= 15 is 0 Å². The lowest BCUT2D eigenvalue weighted by Crippen LogP contribution is -2.20. The molecule has 0 aliphatic carbocycles. The summed E-state index contributed by atoms with van der Waals surface area (Å²) in [6.07, 6.45) is 0.540. The van der Waals surface area contributed by atoms with E-state index in [1.165, 1.54) is 23.1 Å². The second-order valence-electron chi connectivity index (χ2n) is 6.57. The van der Waals surface area contributed by atoms with Crippen molar-refractivity contribution in [3.8, 4) is 11.1 Å². The molecule has 0 aliphatic heterocycles. The van der Waals surface area contributed by atoms with Gasteiger partial charge in [-0.2, -0.15) is 0 Å². The van der Waals surface area contributed by atoms with Gasteiger partial charge in [0.25, 0.3) is 5.56 Å². The number of fused-ring (bicyclic) bond motifs is 1. The lowest BCUT2D eigenvalue weighted by Gasteiger charge is -2.09. The maximum absolute atomic E-state index is 12.9. The van der Waals surface area contributed by atoms with E-state index in [1.54, 1.807) is 25.5 Å². The molecule has 0 amide bonds. The van der Waals surface area contributed by atoms with Crippen LogP contribution in [-0.2, 0) is 16.9 Å².